The van der Waals surface area contributed by atoms with Crippen molar-refractivity contribution in [2.45, 2.75) is 6.92 Å². The van der Waals surface area contributed by atoms with Gasteiger partial charge in [-0.15, -0.1) is 0 Å². The Morgan fingerprint density at radius 3 is 2.80 bits per heavy atom. The first-order chi connectivity index (χ1) is 4.83. The molecule has 2 nitrogen and oxygen atoms in total. The van der Waals surface area contributed by atoms with Crippen molar-refractivity contribution in [3.8, 4) is 0 Å². The monoisotopic (exact) mass is 136 g/mol. The minimum atomic E-state index is 0.713. The van der Waals surface area contributed by atoms with Gasteiger partial charge in [-0.1, -0.05) is 0 Å². The average molecular weight is 136 g/mol. The molecule has 0 saturated carbocycles. The van der Waals surface area contributed by atoms with Crippen molar-refractivity contribution in [3.05, 3.63) is 29.7 Å². The zero-order valence-electron chi connectivity index (χ0n) is 5.70. The number of carbonyl (C=O) groups excluding carboxylic acids is 1. The molecule has 0 radical (unpaired) electrons. The SMILES string of the molecule is Cc1ccc(/C=C/C=O)o1. The van der Waals surface area contributed by atoms with Gasteiger partial charge in [0.05, 0.1) is 0 Å². The molecular formula is C8H8O2. The van der Waals surface area contributed by atoms with E-state index in [2.05, 4.69) is 0 Å². The van der Waals surface area contributed by atoms with Crippen LogP contribution in [-0.2, 0) is 4.79 Å². The highest BCUT2D eigenvalue weighted by Gasteiger charge is 1.90. The average Bonchev–Trinajstić information content (AvgIpc) is 2.31. The van der Waals surface area contributed by atoms with E-state index in [0.717, 1.165) is 12.0 Å². The summed E-state index contributed by atoms with van der Waals surface area (Å²) in [5.74, 6) is 1.56. The molecule has 1 rings (SSSR count). The number of rotatable bonds is 2. The Hall–Kier alpha value is -1.31. The molecule has 0 atom stereocenters. The Bertz CT molecular complexity index is 246. The summed E-state index contributed by atoms with van der Waals surface area (Å²) in [5, 5.41) is 0. The fourth-order valence-electron chi connectivity index (χ4n) is 0.677. The maximum absolute atomic E-state index is 9.86. The number of hydrogen-bond acceptors (Lipinski definition) is 2. The molecule has 0 aliphatic carbocycles. The maximum Gasteiger partial charge on any atom is 0.142 e. The molecular weight excluding hydrogens is 128 g/mol. The molecule has 1 heterocycles. The fourth-order valence-corrected chi connectivity index (χ4v) is 0.677. The summed E-state index contributed by atoms with van der Waals surface area (Å²) in [6.45, 7) is 1.86. The molecule has 10 heavy (non-hydrogen) atoms. The number of aryl methyl sites for hydroxylation is 1. The van der Waals surface area contributed by atoms with Gasteiger partial charge in [-0.3, -0.25) is 4.79 Å². The number of allylic oxidation sites excluding steroid dienone is 1. The molecule has 1 aromatic heterocycles. The van der Waals surface area contributed by atoms with Crippen LogP contribution >= 0.6 is 0 Å². The lowest BCUT2D eigenvalue weighted by molar-refractivity contribution is -0.104. The second-order valence-electron chi connectivity index (χ2n) is 1.94. The molecule has 0 saturated heterocycles. The highest BCUT2D eigenvalue weighted by atomic mass is 16.3. The molecule has 0 aliphatic rings. The van der Waals surface area contributed by atoms with Gasteiger partial charge < -0.3 is 4.42 Å². The Morgan fingerprint density at radius 1 is 1.50 bits per heavy atom. The van der Waals surface area contributed by atoms with Crippen LogP contribution in [0.1, 0.15) is 11.5 Å². The molecule has 0 aliphatic heterocycles. The topological polar surface area (TPSA) is 30.2 Å². The lowest BCUT2D eigenvalue weighted by atomic mass is 10.4. The van der Waals surface area contributed by atoms with E-state index in [1.165, 1.54) is 6.08 Å². The van der Waals surface area contributed by atoms with Crippen LogP contribution in [0.3, 0.4) is 0 Å². The molecule has 0 aromatic carbocycles. The van der Waals surface area contributed by atoms with Gasteiger partial charge in [-0.25, -0.2) is 0 Å². The Labute approximate surface area is 59.2 Å². The Kier molecular flexibility index (Phi) is 2.05. The highest BCUT2D eigenvalue weighted by molar-refractivity contribution is 5.72. The van der Waals surface area contributed by atoms with Crippen molar-refractivity contribution in [1.82, 2.24) is 0 Å². The zero-order chi connectivity index (χ0) is 7.40. The van der Waals surface area contributed by atoms with Gasteiger partial charge in [0, 0.05) is 0 Å². The standard InChI is InChI=1S/C8H8O2/c1-7-4-5-8(10-7)3-2-6-9/h2-6H,1H3/b3-2+. The highest BCUT2D eigenvalue weighted by Crippen LogP contribution is 2.06. The summed E-state index contributed by atoms with van der Waals surface area (Å²) < 4.78 is 5.14. The molecule has 1 aromatic rings. The summed E-state index contributed by atoms with van der Waals surface area (Å²) in [5.41, 5.74) is 0. The lowest BCUT2D eigenvalue weighted by Gasteiger charge is -1.80. The van der Waals surface area contributed by atoms with Crippen LogP contribution < -0.4 is 0 Å². The number of carbonyl (C=O) groups is 1. The minimum Gasteiger partial charge on any atom is -0.462 e. The van der Waals surface area contributed by atoms with E-state index in [0.29, 0.717) is 5.76 Å². The van der Waals surface area contributed by atoms with Crippen molar-refractivity contribution < 1.29 is 9.21 Å². The second-order valence-corrected chi connectivity index (χ2v) is 1.94. The van der Waals surface area contributed by atoms with Gasteiger partial charge in [-0.05, 0) is 31.2 Å². The van der Waals surface area contributed by atoms with Gasteiger partial charge in [0.15, 0.2) is 0 Å². The van der Waals surface area contributed by atoms with Crippen LogP contribution in [0, 0.1) is 6.92 Å². The van der Waals surface area contributed by atoms with Gasteiger partial charge in [0.1, 0.15) is 17.8 Å². The van der Waals surface area contributed by atoms with E-state index >= 15 is 0 Å². The normalized spacial score (nSPS) is 10.5. The van der Waals surface area contributed by atoms with Crippen molar-refractivity contribution in [3.63, 3.8) is 0 Å². The maximum atomic E-state index is 9.86. The van der Waals surface area contributed by atoms with Crippen LogP contribution in [0.25, 0.3) is 6.08 Å². The molecule has 0 N–H and O–H groups in total. The van der Waals surface area contributed by atoms with Gasteiger partial charge in [-0.2, -0.15) is 0 Å². The van der Waals surface area contributed by atoms with Crippen LogP contribution in [0.4, 0.5) is 0 Å². The predicted octanol–water partition coefficient (Wildman–Crippen LogP) is 1.80. The van der Waals surface area contributed by atoms with Crippen molar-refractivity contribution in [2.24, 2.45) is 0 Å². The third kappa shape index (κ3) is 1.58. The van der Waals surface area contributed by atoms with E-state index in [9.17, 15) is 4.79 Å². The van der Waals surface area contributed by atoms with E-state index in [1.54, 1.807) is 6.08 Å². The third-order valence-electron chi connectivity index (χ3n) is 1.10. The van der Waals surface area contributed by atoms with Gasteiger partial charge >= 0.3 is 0 Å². The molecule has 0 fully saturated rings. The smallest absolute Gasteiger partial charge is 0.142 e. The number of furan rings is 1. The second kappa shape index (κ2) is 3.01. The lowest BCUT2D eigenvalue weighted by Crippen LogP contribution is -1.61. The first kappa shape index (κ1) is 6.81. The first-order valence-corrected chi connectivity index (χ1v) is 3.01. The molecule has 0 bridgehead atoms. The van der Waals surface area contributed by atoms with Gasteiger partial charge in [0.2, 0.25) is 0 Å². The third-order valence-corrected chi connectivity index (χ3v) is 1.10. The van der Waals surface area contributed by atoms with E-state index in [4.69, 9.17) is 4.42 Å². The van der Waals surface area contributed by atoms with Crippen LogP contribution in [0.5, 0.6) is 0 Å². The van der Waals surface area contributed by atoms with Crippen molar-refractivity contribution >= 4 is 12.4 Å². The van der Waals surface area contributed by atoms with Crippen molar-refractivity contribution in [1.29, 1.82) is 0 Å². The van der Waals surface area contributed by atoms with Gasteiger partial charge in [0.25, 0.3) is 0 Å². The Morgan fingerprint density at radius 2 is 2.30 bits per heavy atom. The summed E-state index contributed by atoms with van der Waals surface area (Å²) in [7, 11) is 0. The summed E-state index contributed by atoms with van der Waals surface area (Å²) in [4.78, 5) is 9.86. The molecule has 0 spiro atoms. The molecule has 52 valence electrons. The largest absolute Gasteiger partial charge is 0.462 e. The van der Waals surface area contributed by atoms with Crippen molar-refractivity contribution in [2.75, 3.05) is 0 Å². The fraction of sp³-hybridized carbons (Fsp3) is 0.125. The minimum absolute atomic E-state index is 0.713. The quantitative estimate of drug-likeness (QED) is 0.458. The Balaban J connectivity index is 2.75. The first-order valence-electron chi connectivity index (χ1n) is 3.01. The number of aldehydes is 1. The zero-order valence-corrected chi connectivity index (χ0v) is 5.70. The summed E-state index contributed by atoms with van der Waals surface area (Å²) in [6.07, 6.45) is 3.75. The number of hydrogen-bond donors (Lipinski definition) is 0. The predicted molar refractivity (Wildman–Crippen MR) is 38.5 cm³/mol. The van der Waals surface area contributed by atoms with Crippen LogP contribution in [0.2, 0.25) is 0 Å². The summed E-state index contributed by atoms with van der Waals surface area (Å²) in [6, 6.07) is 3.67. The van der Waals surface area contributed by atoms with E-state index in [1.807, 2.05) is 19.1 Å². The molecule has 0 amide bonds. The van der Waals surface area contributed by atoms with E-state index < -0.39 is 0 Å². The molecule has 2 heteroatoms. The van der Waals surface area contributed by atoms with E-state index in [-0.39, 0.29) is 0 Å². The van der Waals surface area contributed by atoms with Crippen LogP contribution in [-0.4, -0.2) is 6.29 Å². The molecule has 0 unspecified atom stereocenters. The van der Waals surface area contributed by atoms with Crippen LogP contribution in [0.15, 0.2) is 22.6 Å². The summed E-state index contributed by atoms with van der Waals surface area (Å²) >= 11 is 0.